The fourth-order valence-electron chi connectivity index (χ4n) is 3.57. The van der Waals surface area contributed by atoms with Gasteiger partial charge in [-0.15, -0.1) is 0 Å². The van der Waals surface area contributed by atoms with Crippen molar-refractivity contribution in [1.82, 2.24) is 20.1 Å². The van der Waals surface area contributed by atoms with Gasteiger partial charge in [0.2, 0.25) is 5.88 Å². The first-order chi connectivity index (χ1) is 13.2. The van der Waals surface area contributed by atoms with Gasteiger partial charge in [-0.2, -0.15) is 0 Å². The second-order valence-corrected chi connectivity index (χ2v) is 6.75. The number of para-hydroxylation sites is 1. The summed E-state index contributed by atoms with van der Waals surface area (Å²) in [6.07, 6.45) is 3.17. The molecule has 3 heterocycles. The average molecular weight is 366 g/mol. The van der Waals surface area contributed by atoms with Crippen LogP contribution in [0.1, 0.15) is 23.2 Å². The van der Waals surface area contributed by atoms with Crippen LogP contribution in [-0.4, -0.2) is 58.9 Å². The van der Waals surface area contributed by atoms with Crippen LogP contribution in [0, 0.1) is 0 Å². The van der Waals surface area contributed by atoms with Crippen molar-refractivity contribution in [3.63, 3.8) is 0 Å². The number of nitrogens with one attached hydrogen (secondary N) is 1. The van der Waals surface area contributed by atoms with E-state index in [0.29, 0.717) is 36.8 Å². The zero-order chi connectivity index (χ0) is 18.6. The van der Waals surface area contributed by atoms with Crippen molar-refractivity contribution in [3.8, 4) is 11.6 Å². The standard InChI is InChI=1S/C20H22N4O3/c25-19(23-11-8-16(9-12-23)24-13-10-21-20(24)26)15-6-7-18(22-14-15)27-17-4-2-1-3-5-17/h1-7,14,16H,8-13H2,(H,21,26). The van der Waals surface area contributed by atoms with E-state index < -0.39 is 0 Å². The van der Waals surface area contributed by atoms with Gasteiger partial charge in [0.25, 0.3) is 5.91 Å². The van der Waals surface area contributed by atoms with Gasteiger partial charge in [-0.1, -0.05) is 18.2 Å². The molecule has 2 fully saturated rings. The Labute approximate surface area is 157 Å². The number of piperidine rings is 1. The molecule has 1 aromatic heterocycles. The Kier molecular flexibility index (Phi) is 4.91. The largest absolute Gasteiger partial charge is 0.439 e. The number of likely N-dealkylation sites (tertiary alicyclic amines) is 1. The number of urea groups is 1. The first-order valence-electron chi connectivity index (χ1n) is 9.23. The lowest BCUT2D eigenvalue weighted by Gasteiger charge is -2.36. The van der Waals surface area contributed by atoms with Crippen LogP contribution in [0.4, 0.5) is 4.79 Å². The van der Waals surface area contributed by atoms with Crippen molar-refractivity contribution in [2.75, 3.05) is 26.2 Å². The van der Waals surface area contributed by atoms with Crippen LogP contribution in [0.2, 0.25) is 0 Å². The number of carbonyl (C=O) groups excluding carboxylic acids is 2. The number of amides is 3. The molecule has 2 saturated heterocycles. The van der Waals surface area contributed by atoms with Crippen molar-refractivity contribution >= 4 is 11.9 Å². The van der Waals surface area contributed by atoms with E-state index >= 15 is 0 Å². The van der Waals surface area contributed by atoms with E-state index in [0.717, 1.165) is 19.4 Å². The first-order valence-corrected chi connectivity index (χ1v) is 9.23. The predicted octanol–water partition coefficient (Wildman–Crippen LogP) is 2.50. The SMILES string of the molecule is O=C(c1ccc(Oc2ccccc2)nc1)N1CCC(N2CCNC2=O)CC1. The van der Waals surface area contributed by atoms with E-state index in [1.165, 1.54) is 0 Å². The Bertz CT molecular complexity index is 802. The molecule has 1 aromatic carbocycles. The number of aromatic nitrogens is 1. The molecule has 27 heavy (non-hydrogen) atoms. The van der Waals surface area contributed by atoms with E-state index in [1.54, 1.807) is 18.3 Å². The maximum atomic E-state index is 12.7. The molecule has 140 valence electrons. The summed E-state index contributed by atoms with van der Waals surface area (Å²) >= 11 is 0. The Hall–Kier alpha value is -3.09. The monoisotopic (exact) mass is 366 g/mol. The van der Waals surface area contributed by atoms with Gasteiger partial charge in [-0.3, -0.25) is 4.79 Å². The number of hydrogen-bond acceptors (Lipinski definition) is 4. The van der Waals surface area contributed by atoms with Gasteiger partial charge >= 0.3 is 6.03 Å². The highest BCUT2D eigenvalue weighted by Crippen LogP contribution is 2.22. The molecule has 1 N–H and O–H groups in total. The van der Waals surface area contributed by atoms with Gasteiger partial charge < -0.3 is 19.9 Å². The zero-order valence-electron chi connectivity index (χ0n) is 15.0. The molecule has 0 radical (unpaired) electrons. The van der Waals surface area contributed by atoms with Crippen molar-refractivity contribution in [1.29, 1.82) is 0 Å². The quantitative estimate of drug-likeness (QED) is 0.902. The fourth-order valence-corrected chi connectivity index (χ4v) is 3.57. The van der Waals surface area contributed by atoms with Crippen LogP contribution >= 0.6 is 0 Å². The molecule has 0 unspecified atom stereocenters. The number of hydrogen-bond donors (Lipinski definition) is 1. The molecular formula is C20H22N4O3. The summed E-state index contributed by atoms with van der Waals surface area (Å²) in [5, 5.41) is 2.84. The Morgan fingerprint density at radius 1 is 1.07 bits per heavy atom. The predicted molar refractivity (Wildman–Crippen MR) is 99.8 cm³/mol. The molecule has 2 aliphatic heterocycles. The smallest absolute Gasteiger partial charge is 0.317 e. The van der Waals surface area contributed by atoms with Crippen LogP contribution in [-0.2, 0) is 0 Å². The van der Waals surface area contributed by atoms with Crippen LogP contribution in [0.3, 0.4) is 0 Å². The molecule has 7 heteroatoms. The lowest BCUT2D eigenvalue weighted by atomic mass is 10.0. The van der Waals surface area contributed by atoms with Gasteiger partial charge in [-0.25, -0.2) is 9.78 Å². The van der Waals surface area contributed by atoms with E-state index in [4.69, 9.17) is 4.74 Å². The highest BCUT2D eigenvalue weighted by molar-refractivity contribution is 5.94. The molecule has 0 saturated carbocycles. The summed E-state index contributed by atoms with van der Waals surface area (Å²) in [5.41, 5.74) is 0.549. The molecule has 7 nitrogen and oxygen atoms in total. The Morgan fingerprint density at radius 2 is 1.85 bits per heavy atom. The summed E-state index contributed by atoms with van der Waals surface area (Å²) in [6, 6.07) is 13.1. The molecule has 0 spiro atoms. The lowest BCUT2D eigenvalue weighted by molar-refractivity contribution is 0.0665. The minimum Gasteiger partial charge on any atom is -0.439 e. The van der Waals surface area contributed by atoms with Crippen molar-refractivity contribution < 1.29 is 14.3 Å². The van der Waals surface area contributed by atoms with Gasteiger partial charge in [0.1, 0.15) is 5.75 Å². The molecule has 3 amide bonds. The van der Waals surface area contributed by atoms with E-state index in [9.17, 15) is 9.59 Å². The van der Waals surface area contributed by atoms with Gasteiger partial charge in [0.05, 0.1) is 5.56 Å². The number of rotatable bonds is 4. The molecule has 0 bridgehead atoms. The second-order valence-electron chi connectivity index (χ2n) is 6.75. The Balaban J connectivity index is 1.34. The third-order valence-electron chi connectivity index (χ3n) is 5.03. The molecule has 4 rings (SSSR count). The van der Waals surface area contributed by atoms with Crippen LogP contribution in [0.5, 0.6) is 11.6 Å². The molecular weight excluding hydrogens is 344 g/mol. The lowest BCUT2D eigenvalue weighted by Crippen LogP contribution is -2.47. The molecule has 0 atom stereocenters. The number of carbonyl (C=O) groups is 2. The molecule has 2 aliphatic rings. The maximum Gasteiger partial charge on any atom is 0.317 e. The van der Waals surface area contributed by atoms with E-state index in [-0.39, 0.29) is 18.0 Å². The van der Waals surface area contributed by atoms with Crippen LogP contribution < -0.4 is 10.1 Å². The summed E-state index contributed by atoms with van der Waals surface area (Å²) in [4.78, 5) is 32.5. The first kappa shape index (κ1) is 17.3. The highest BCUT2D eigenvalue weighted by atomic mass is 16.5. The minimum absolute atomic E-state index is 0.0120. The summed E-state index contributed by atoms with van der Waals surface area (Å²) in [7, 11) is 0. The Morgan fingerprint density at radius 3 is 2.48 bits per heavy atom. The third kappa shape index (κ3) is 3.86. The molecule has 2 aromatic rings. The van der Waals surface area contributed by atoms with Gasteiger partial charge in [0.15, 0.2) is 0 Å². The van der Waals surface area contributed by atoms with E-state index in [2.05, 4.69) is 10.3 Å². The average Bonchev–Trinajstić information content (AvgIpc) is 3.15. The van der Waals surface area contributed by atoms with Gasteiger partial charge in [-0.05, 0) is 31.0 Å². The van der Waals surface area contributed by atoms with Crippen LogP contribution in [0.25, 0.3) is 0 Å². The number of ether oxygens (including phenoxy) is 1. The van der Waals surface area contributed by atoms with E-state index in [1.807, 2.05) is 40.1 Å². The summed E-state index contributed by atoms with van der Waals surface area (Å²) in [5.74, 6) is 1.13. The van der Waals surface area contributed by atoms with Gasteiger partial charge in [0, 0.05) is 44.5 Å². The number of pyridine rings is 1. The summed E-state index contributed by atoms with van der Waals surface area (Å²) in [6.45, 7) is 2.76. The molecule has 0 aliphatic carbocycles. The van der Waals surface area contributed by atoms with Crippen molar-refractivity contribution in [2.45, 2.75) is 18.9 Å². The third-order valence-corrected chi connectivity index (χ3v) is 5.03. The zero-order valence-corrected chi connectivity index (χ0v) is 15.0. The minimum atomic E-state index is -0.0296. The van der Waals surface area contributed by atoms with Crippen molar-refractivity contribution in [3.05, 3.63) is 54.2 Å². The number of nitrogens with zero attached hydrogens (tertiary/aromatic N) is 3. The second kappa shape index (κ2) is 7.65. The maximum absolute atomic E-state index is 12.7. The summed E-state index contributed by atoms with van der Waals surface area (Å²) < 4.78 is 5.66. The fraction of sp³-hybridized carbons (Fsp3) is 0.350. The normalized spacial score (nSPS) is 17.7. The topological polar surface area (TPSA) is 74.8 Å². The highest BCUT2D eigenvalue weighted by Gasteiger charge is 2.32. The van der Waals surface area contributed by atoms with Crippen LogP contribution in [0.15, 0.2) is 48.7 Å². The number of benzene rings is 1. The van der Waals surface area contributed by atoms with Crippen molar-refractivity contribution in [2.24, 2.45) is 0 Å².